The first-order valence-electron chi connectivity index (χ1n) is 12.6. The molecule has 1 aromatic carbocycles. The highest BCUT2D eigenvalue weighted by Gasteiger charge is 2.25. The molecular formula is C29H39N3O2. The molecule has 1 saturated heterocycles. The molecule has 5 heteroatoms. The summed E-state index contributed by atoms with van der Waals surface area (Å²) in [6.45, 7) is 14.5. The number of carbonyl (C=O) groups excluding carboxylic acids is 1. The Balaban J connectivity index is 1.84. The molecule has 0 spiro atoms. The van der Waals surface area contributed by atoms with Crippen LogP contribution in [0, 0.1) is 0 Å². The Bertz CT molecular complexity index is 1050. The van der Waals surface area contributed by atoms with E-state index in [1.165, 1.54) is 36.0 Å². The number of allylic oxidation sites excluding steroid dienone is 1. The van der Waals surface area contributed by atoms with Gasteiger partial charge in [0.15, 0.2) is 0 Å². The van der Waals surface area contributed by atoms with Crippen molar-refractivity contribution in [1.82, 2.24) is 15.3 Å². The summed E-state index contributed by atoms with van der Waals surface area (Å²) < 4.78 is 5.20. The Kier molecular flexibility index (Phi) is 6.95. The van der Waals surface area contributed by atoms with Crippen molar-refractivity contribution < 1.29 is 9.53 Å². The Morgan fingerprint density at radius 2 is 1.59 bits per heavy atom. The van der Waals surface area contributed by atoms with E-state index in [9.17, 15) is 4.79 Å². The summed E-state index contributed by atoms with van der Waals surface area (Å²) in [6.07, 6.45) is 10.1. The van der Waals surface area contributed by atoms with Crippen LogP contribution in [-0.2, 0) is 15.6 Å². The Hall–Kier alpha value is -2.53. The van der Waals surface area contributed by atoms with Crippen LogP contribution in [0.3, 0.4) is 0 Å². The first kappa shape index (κ1) is 24.6. The maximum Gasteiger partial charge on any atom is 0.289 e. The number of amides is 1. The summed E-state index contributed by atoms with van der Waals surface area (Å²) in [4.78, 5) is 22.2. The lowest BCUT2D eigenvalue weighted by Crippen LogP contribution is -2.48. The summed E-state index contributed by atoms with van der Waals surface area (Å²) in [5.41, 5.74) is 6.84. The first-order valence-corrected chi connectivity index (χ1v) is 12.6. The van der Waals surface area contributed by atoms with Crippen LogP contribution >= 0.6 is 0 Å². The van der Waals surface area contributed by atoms with Crippen molar-refractivity contribution in [3.05, 3.63) is 52.5 Å². The lowest BCUT2D eigenvalue weighted by molar-refractivity contribution is -0.00364. The van der Waals surface area contributed by atoms with Crippen molar-refractivity contribution in [3.63, 3.8) is 0 Å². The number of rotatable bonds is 4. The predicted molar refractivity (Wildman–Crippen MR) is 138 cm³/mol. The van der Waals surface area contributed by atoms with Crippen molar-refractivity contribution >= 4 is 12.0 Å². The number of hydrogen-bond donors (Lipinski definition) is 1. The summed E-state index contributed by atoms with van der Waals surface area (Å²) in [5, 5.41) is 2.98. The zero-order valence-corrected chi connectivity index (χ0v) is 21.6. The monoisotopic (exact) mass is 461 g/mol. The van der Waals surface area contributed by atoms with Gasteiger partial charge in [-0.3, -0.25) is 4.79 Å². The third-order valence-corrected chi connectivity index (χ3v) is 6.79. The lowest BCUT2D eigenvalue weighted by Gasteiger charge is -2.27. The van der Waals surface area contributed by atoms with Crippen molar-refractivity contribution in [1.29, 1.82) is 0 Å². The fraction of sp³-hybridized carbons (Fsp3) is 0.552. The SMILES string of the molecule is CC(C)(C)c1cc(-c2nc(C(=O)NC3COC3)ncc2C=C2CCCCC2)cc(C(C)(C)C)c1. The summed E-state index contributed by atoms with van der Waals surface area (Å²) in [6, 6.07) is 6.83. The van der Waals surface area contributed by atoms with E-state index in [2.05, 4.69) is 76.1 Å². The topological polar surface area (TPSA) is 64.1 Å². The van der Waals surface area contributed by atoms with Crippen LogP contribution in [0.25, 0.3) is 17.3 Å². The van der Waals surface area contributed by atoms with Gasteiger partial charge in [0.25, 0.3) is 5.91 Å². The smallest absolute Gasteiger partial charge is 0.289 e. The summed E-state index contributed by atoms with van der Waals surface area (Å²) in [7, 11) is 0. The first-order chi connectivity index (χ1) is 16.0. The zero-order chi connectivity index (χ0) is 24.5. The van der Waals surface area contributed by atoms with Crippen molar-refractivity contribution in [2.45, 2.75) is 90.5 Å². The molecule has 1 saturated carbocycles. The van der Waals surface area contributed by atoms with Crippen LogP contribution in [0.1, 0.15) is 101 Å². The second kappa shape index (κ2) is 9.61. The lowest BCUT2D eigenvalue weighted by atomic mass is 9.79. The minimum absolute atomic E-state index is 0.00450. The Morgan fingerprint density at radius 3 is 2.12 bits per heavy atom. The minimum Gasteiger partial charge on any atom is -0.377 e. The third-order valence-electron chi connectivity index (χ3n) is 6.79. The van der Waals surface area contributed by atoms with Crippen molar-refractivity contribution in [2.75, 3.05) is 13.2 Å². The van der Waals surface area contributed by atoms with E-state index in [0.29, 0.717) is 13.2 Å². The van der Waals surface area contributed by atoms with Gasteiger partial charge in [0.05, 0.1) is 24.9 Å². The number of ether oxygens (including phenoxy) is 1. The van der Waals surface area contributed by atoms with E-state index in [0.717, 1.165) is 29.7 Å². The van der Waals surface area contributed by atoms with Crippen LogP contribution in [0.4, 0.5) is 0 Å². The normalized spacial score (nSPS) is 17.3. The van der Waals surface area contributed by atoms with E-state index in [4.69, 9.17) is 9.72 Å². The number of carbonyl (C=O) groups is 1. The van der Waals surface area contributed by atoms with Crippen LogP contribution < -0.4 is 5.32 Å². The molecule has 0 bridgehead atoms. The molecule has 1 amide bonds. The van der Waals surface area contributed by atoms with Gasteiger partial charge in [-0.15, -0.1) is 0 Å². The highest BCUT2D eigenvalue weighted by atomic mass is 16.5. The van der Waals surface area contributed by atoms with Gasteiger partial charge >= 0.3 is 0 Å². The molecule has 2 fully saturated rings. The van der Waals surface area contributed by atoms with Gasteiger partial charge in [0.1, 0.15) is 0 Å². The molecule has 1 aliphatic heterocycles. The molecule has 2 aliphatic rings. The third kappa shape index (κ3) is 5.75. The molecule has 2 aromatic rings. The molecule has 0 radical (unpaired) electrons. The van der Waals surface area contributed by atoms with Crippen molar-refractivity contribution in [3.8, 4) is 11.3 Å². The Morgan fingerprint density at radius 1 is 0.971 bits per heavy atom. The fourth-order valence-corrected chi connectivity index (χ4v) is 4.41. The molecular weight excluding hydrogens is 422 g/mol. The molecule has 182 valence electrons. The molecule has 0 unspecified atom stereocenters. The van der Waals surface area contributed by atoms with Crippen LogP contribution in [0.2, 0.25) is 0 Å². The van der Waals surface area contributed by atoms with E-state index in [1.807, 2.05) is 6.20 Å². The molecule has 1 aliphatic carbocycles. The van der Waals surface area contributed by atoms with E-state index in [-0.39, 0.29) is 28.6 Å². The quantitative estimate of drug-likeness (QED) is 0.587. The molecule has 0 atom stereocenters. The second-order valence-corrected chi connectivity index (χ2v) is 11.9. The maximum absolute atomic E-state index is 12.9. The van der Waals surface area contributed by atoms with Gasteiger partial charge in [-0.25, -0.2) is 9.97 Å². The molecule has 1 N–H and O–H groups in total. The van der Waals surface area contributed by atoms with Crippen LogP contribution in [0.15, 0.2) is 30.0 Å². The molecule has 1 aromatic heterocycles. The molecule has 2 heterocycles. The predicted octanol–water partition coefficient (Wildman–Crippen LogP) is 6.21. The summed E-state index contributed by atoms with van der Waals surface area (Å²) >= 11 is 0. The van der Waals surface area contributed by atoms with E-state index < -0.39 is 0 Å². The number of nitrogens with zero attached hydrogens (tertiary/aromatic N) is 2. The zero-order valence-electron chi connectivity index (χ0n) is 21.6. The standard InChI is InChI=1S/C29H39N3O2/c1-28(2,3)22-13-20(14-23(15-22)29(4,5)6)25-21(12-19-10-8-7-9-11-19)16-30-26(32-25)27(33)31-24-17-34-18-24/h12-16,24H,7-11,17-18H2,1-6H3,(H,31,33). The number of nitrogens with one attached hydrogen (secondary N) is 1. The van der Waals surface area contributed by atoms with Gasteiger partial charge in [0.2, 0.25) is 5.82 Å². The van der Waals surface area contributed by atoms with Gasteiger partial charge < -0.3 is 10.1 Å². The van der Waals surface area contributed by atoms with Crippen LogP contribution in [0.5, 0.6) is 0 Å². The van der Waals surface area contributed by atoms with Gasteiger partial charge in [-0.05, 0) is 59.8 Å². The second-order valence-electron chi connectivity index (χ2n) is 11.9. The van der Waals surface area contributed by atoms with Gasteiger partial charge in [0, 0.05) is 17.3 Å². The Labute approximate surface area is 204 Å². The van der Waals surface area contributed by atoms with Crippen molar-refractivity contribution in [2.24, 2.45) is 0 Å². The largest absolute Gasteiger partial charge is 0.377 e. The minimum atomic E-state index is -0.241. The van der Waals surface area contributed by atoms with E-state index in [1.54, 1.807) is 0 Å². The van der Waals surface area contributed by atoms with Crippen LogP contribution in [-0.4, -0.2) is 35.1 Å². The molecule has 4 rings (SSSR count). The molecule has 5 nitrogen and oxygen atoms in total. The summed E-state index contributed by atoms with van der Waals surface area (Å²) in [5.74, 6) is -0.0272. The number of aromatic nitrogens is 2. The highest BCUT2D eigenvalue weighted by Crippen LogP contribution is 2.35. The molecule has 34 heavy (non-hydrogen) atoms. The number of hydrogen-bond acceptors (Lipinski definition) is 4. The highest BCUT2D eigenvalue weighted by molar-refractivity contribution is 5.91. The number of benzene rings is 1. The van der Waals surface area contributed by atoms with E-state index >= 15 is 0 Å². The average Bonchev–Trinajstić information content (AvgIpc) is 2.75. The fourth-order valence-electron chi connectivity index (χ4n) is 4.41. The van der Waals surface area contributed by atoms with Gasteiger partial charge in [-0.1, -0.05) is 65.7 Å². The maximum atomic E-state index is 12.9. The average molecular weight is 462 g/mol. The van der Waals surface area contributed by atoms with Gasteiger partial charge in [-0.2, -0.15) is 0 Å².